The number of nitrogens with zero attached hydrogens (tertiary/aromatic N) is 2. The van der Waals surface area contributed by atoms with Crippen molar-refractivity contribution in [2.75, 3.05) is 26.4 Å². The number of carbonyl (C=O) groups is 1. The summed E-state index contributed by atoms with van der Waals surface area (Å²) >= 11 is 0. The minimum Gasteiger partial charge on any atom is -0.454 e. The molecule has 5 heteroatoms. The molecule has 0 radical (unpaired) electrons. The standard InChI is InChI=1S/C22H30N2O3/c1-2-3-4-5-20(25)24-13-17(16-6-7-18-19(12-16)27-14-26-18)22-21(24)15-8-10-23(22)11-9-15/h6-7,12,15,17,21-22H,2-5,8-11,13-14H2,1H3/t17-,21+,22+/m1/s1. The largest absolute Gasteiger partial charge is 0.454 e. The Morgan fingerprint density at radius 3 is 2.74 bits per heavy atom. The lowest BCUT2D eigenvalue weighted by Gasteiger charge is -2.51. The van der Waals surface area contributed by atoms with Crippen LogP contribution in [0.25, 0.3) is 0 Å². The van der Waals surface area contributed by atoms with Gasteiger partial charge in [0.05, 0.1) is 6.04 Å². The molecule has 3 atom stereocenters. The average Bonchev–Trinajstić information content (AvgIpc) is 3.34. The van der Waals surface area contributed by atoms with Gasteiger partial charge in [0.1, 0.15) is 0 Å². The Bertz CT molecular complexity index is 714. The Morgan fingerprint density at radius 2 is 1.93 bits per heavy atom. The minimum absolute atomic E-state index is 0.311. The van der Waals surface area contributed by atoms with E-state index in [0.29, 0.717) is 43.0 Å². The number of likely N-dealkylation sites (tertiary alicyclic amines) is 1. The first-order valence-corrected chi connectivity index (χ1v) is 10.7. The molecule has 0 saturated carbocycles. The van der Waals surface area contributed by atoms with Crippen molar-refractivity contribution >= 4 is 5.91 Å². The number of fused-ring (bicyclic) bond motifs is 3. The molecule has 5 aliphatic heterocycles. The second-order valence-corrected chi connectivity index (χ2v) is 8.58. The number of hydrogen-bond donors (Lipinski definition) is 0. The van der Waals surface area contributed by atoms with Crippen molar-refractivity contribution in [3.63, 3.8) is 0 Å². The summed E-state index contributed by atoms with van der Waals surface area (Å²) in [5.41, 5.74) is 1.30. The maximum absolute atomic E-state index is 13.1. The highest BCUT2D eigenvalue weighted by Crippen LogP contribution is 2.48. The zero-order valence-corrected chi connectivity index (χ0v) is 16.2. The minimum atomic E-state index is 0.311. The fourth-order valence-corrected chi connectivity index (χ4v) is 5.81. The summed E-state index contributed by atoms with van der Waals surface area (Å²) in [4.78, 5) is 18.0. The molecule has 2 bridgehead atoms. The molecule has 0 unspecified atom stereocenters. The molecule has 5 nitrogen and oxygen atoms in total. The second kappa shape index (κ2) is 7.01. The predicted octanol–water partition coefficient (Wildman–Crippen LogP) is 3.38. The third-order valence-corrected chi connectivity index (χ3v) is 7.13. The Balaban J connectivity index is 1.43. The smallest absolute Gasteiger partial charge is 0.231 e. The summed E-state index contributed by atoms with van der Waals surface area (Å²) < 4.78 is 11.1. The van der Waals surface area contributed by atoms with E-state index in [9.17, 15) is 4.79 Å². The van der Waals surface area contributed by atoms with Crippen LogP contribution in [-0.4, -0.2) is 54.2 Å². The van der Waals surface area contributed by atoms with Gasteiger partial charge in [-0.15, -0.1) is 0 Å². The Labute approximate surface area is 161 Å². The number of ether oxygens (including phenoxy) is 2. The number of carbonyl (C=O) groups excluding carboxylic acids is 1. The Morgan fingerprint density at radius 1 is 1.11 bits per heavy atom. The van der Waals surface area contributed by atoms with E-state index in [1.807, 2.05) is 6.07 Å². The van der Waals surface area contributed by atoms with Crippen LogP contribution in [0.3, 0.4) is 0 Å². The van der Waals surface area contributed by atoms with Gasteiger partial charge >= 0.3 is 0 Å². The van der Waals surface area contributed by atoms with E-state index in [1.165, 1.54) is 31.5 Å². The predicted molar refractivity (Wildman–Crippen MR) is 103 cm³/mol. The molecule has 0 aliphatic carbocycles. The molecular formula is C22H30N2O3. The normalized spacial score (nSPS) is 33.4. The first kappa shape index (κ1) is 17.4. The highest BCUT2D eigenvalue weighted by atomic mass is 16.7. The maximum atomic E-state index is 13.1. The highest BCUT2D eigenvalue weighted by molar-refractivity contribution is 5.77. The Hall–Kier alpha value is -1.75. The van der Waals surface area contributed by atoms with E-state index in [1.54, 1.807) is 0 Å². The quantitative estimate of drug-likeness (QED) is 0.745. The third-order valence-electron chi connectivity index (χ3n) is 7.13. The SMILES string of the molecule is CCCCCC(=O)N1C[C@H](c2ccc3c(c2)OCO3)[C@H]2[C@@H]1C1CCN2CC1. The monoisotopic (exact) mass is 370 g/mol. The number of benzene rings is 1. The van der Waals surface area contributed by atoms with Crippen molar-refractivity contribution in [3.8, 4) is 11.5 Å². The van der Waals surface area contributed by atoms with Crippen LogP contribution in [0.2, 0.25) is 0 Å². The molecule has 146 valence electrons. The number of hydrogen-bond acceptors (Lipinski definition) is 4. The molecule has 4 saturated heterocycles. The number of amides is 1. The van der Waals surface area contributed by atoms with E-state index in [4.69, 9.17) is 9.47 Å². The van der Waals surface area contributed by atoms with Gasteiger partial charge < -0.3 is 14.4 Å². The van der Waals surface area contributed by atoms with E-state index in [-0.39, 0.29) is 0 Å². The first-order valence-electron chi connectivity index (χ1n) is 10.7. The molecule has 5 heterocycles. The van der Waals surface area contributed by atoms with Crippen molar-refractivity contribution < 1.29 is 14.3 Å². The van der Waals surface area contributed by atoms with Crippen LogP contribution in [0.5, 0.6) is 11.5 Å². The summed E-state index contributed by atoms with van der Waals surface area (Å²) in [5, 5.41) is 0. The van der Waals surface area contributed by atoms with Gasteiger partial charge in [0.2, 0.25) is 12.7 Å². The van der Waals surface area contributed by atoms with Gasteiger partial charge in [-0.1, -0.05) is 25.8 Å². The lowest BCUT2D eigenvalue weighted by molar-refractivity contribution is -0.136. The Kier molecular flexibility index (Phi) is 4.50. The molecule has 0 spiro atoms. The van der Waals surface area contributed by atoms with Crippen LogP contribution in [0, 0.1) is 5.92 Å². The van der Waals surface area contributed by atoms with Crippen LogP contribution in [0.4, 0.5) is 0 Å². The first-order chi connectivity index (χ1) is 13.3. The molecule has 0 aromatic heterocycles. The summed E-state index contributed by atoms with van der Waals surface area (Å²) in [7, 11) is 0. The second-order valence-electron chi connectivity index (χ2n) is 8.58. The van der Waals surface area contributed by atoms with Crippen LogP contribution in [0.1, 0.15) is 56.9 Å². The van der Waals surface area contributed by atoms with Crippen molar-refractivity contribution in [2.45, 2.75) is 63.5 Å². The summed E-state index contributed by atoms with van der Waals surface area (Å²) in [6.07, 6.45) is 6.52. The number of unbranched alkanes of at least 4 members (excludes halogenated alkanes) is 2. The van der Waals surface area contributed by atoms with Gasteiger partial charge in [-0.2, -0.15) is 0 Å². The van der Waals surface area contributed by atoms with Gasteiger partial charge in [0.25, 0.3) is 0 Å². The zero-order valence-electron chi connectivity index (χ0n) is 16.2. The fraction of sp³-hybridized carbons (Fsp3) is 0.682. The fourth-order valence-electron chi connectivity index (χ4n) is 5.81. The van der Waals surface area contributed by atoms with Crippen molar-refractivity contribution in [1.82, 2.24) is 9.80 Å². The van der Waals surface area contributed by atoms with Gasteiger partial charge in [-0.25, -0.2) is 0 Å². The zero-order chi connectivity index (χ0) is 18.4. The van der Waals surface area contributed by atoms with E-state index >= 15 is 0 Å². The summed E-state index contributed by atoms with van der Waals surface area (Å²) in [6, 6.07) is 7.24. The molecule has 1 aromatic rings. The average molecular weight is 370 g/mol. The van der Waals surface area contributed by atoms with Crippen molar-refractivity contribution in [1.29, 1.82) is 0 Å². The van der Waals surface area contributed by atoms with Crippen LogP contribution in [0.15, 0.2) is 18.2 Å². The third kappa shape index (κ3) is 2.91. The van der Waals surface area contributed by atoms with Crippen LogP contribution < -0.4 is 9.47 Å². The van der Waals surface area contributed by atoms with E-state index in [2.05, 4.69) is 28.9 Å². The van der Waals surface area contributed by atoms with Gasteiger partial charge in [-0.3, -0.25) is 9.69 Å². The number of piperidine rings is 3. The molecular weight excluding hydrogens is 340 g/mol. The summed E-state index contributed by atoms with van der Waals surface area (Å²) in [5.74, 6) is 3.12. The molecule has 27 heavy (non-hydrogen) atoms. The maximum Gasteiger partial charge on any atom is 0.231 e. The van der Waals surface area contributed by atoms with E-state index in [0.717, 1.165) is 37.3 Å². The molecule has 1 amide bonds. The molecule has 1 aromatic carbocycles. The highest BCUT2D eigenvalue weighted by Gasteiger charge is 2.54. The van der Waals surface area contributed by atoms with Gasteiger partial charge in [-0.05, 0) is 56.0 Å². The topological polar surface area (TPSA) is 42.0 Å². The molecule has 4 fully saturated rings. The van der Waals surface area contributed by atoms with Crippen LogP contribution in [-0.2, 0) is 4.79 Å². The lowest BCUT2D eigenvalue weighted by atomic mass is 9.75. The van der Waals surface area contributed by atoms with E-state index < -0.39 is 0 Å². The molecule has 0 N–H and O–H groups in total. The molecule has 5 aliphatic rings. The molecule has 6 rings (SSSR count). The van der Waals surface area contributed by atoms with Crippen molar-refractivity contribution in [3.05, 3.63) is 23.8 Å². The van der Waals surface area contributed by atoms with Gasteiger partial charge in [0, 0.05) is 24.9 Å². The van der Waals surface area contributed by atoms with Crippen LogP contribution >= 0.6 is 0 Å². The lowest BCUT2D eigenvalue weighted by Crippen LogP contribution is -2.60. The van der Waals surface area contributed by atoms with Gasteiger partial charge in [0.15, 0.2) is 11.5 Å². The number of rotatable bonds is 5. The van der Waals surface area contributed by atoms with Crippen molar-refractivity contribution in [2.24, 2.45) is 5.92 Å². The summed E-state index contributed by atoms with van der Waals surface area (Å²) in [6.45, 7) is 5.73.